The summed E-state index contributed by atoms with van der Waals surface area (Å²) in [7, 11) is 0. The van der Waals surface area contributed by atoms with Crippen LogP contribution in [-0.2, 0) is 19.5 Å². The van der Waals surface area contributed by atoms with Crippen LogP contribution < -0.4 is 0 Å². The summed E-state index contributed by atoms with van der Waals surface area (Å²) in [5.74, 6) is 0. The molecule has 0 saturated carbocycles. The van der Waals surface area contributed by atoms with E-state index in [2.05, 4.69) is 24.3 Å². The van der Waals surface area contributed by atoms with Gasteiger partial charge < -0.3 is 0 Å². The molecule has 0 spiro atoms. The summed E-state index contributed by atoms with van der Waals surface area (Å²) in [6.07, 6.45) is 8.74. The van der Waals surface area contributed by atoms with Gasteiger partial charge in [-0.05, 0) is 0 Å². The van der Waals surface area contributed by atoms with Gasteiger partial charge in [-0.1, -0.05) is 0 Å². The molecule has 0 heterocycles. The zero-order valence-electron chi connectivity index (χ0n) is 4.24. The Labute approximate surface area is 90.8 Å². The maximum atomic E-state index is 2.25. The van der Waals surface area contributed by atoms with Crippen LogP contribution in [0.2, 0.25) is 0.0125 Å². The van der Waals surface area contributed by atoms with Crippen molar-refractivity contribution < 1.29 is 19.5 Å². The van der Waals surface area contributed by atoms with Gasteiger partial charge in [0.25, 0.3) is 0 Å². The Morgan fingerprint density at radius 3 is 1.71 bits per heavy atom. The van der Waals surface area contributed by atoms with E-state index in [4.69, 9.17) is 0 Å². The van der Waals surface area contributed by atoms with Gasteiger partial charge in [0.1, 0.15) is 0 Å². The molecule has 0 saturated heterocycles. The molecule has 0 radical (unpaired) electrons. The summed E-state index contributed by atoms with van der Waals surface area (Å²) in [5.41, 5.74) is 0. The molecule has 0 bridgehead atoms. The van der Waals surface area contributed by atoms with E-state index in [-0.39, 0.29) is 19.5 Å². The van der Waals surface area contributed by atoms with Crippen LogP contribution in [0.15, 0.2) is 24.3 Å². The molecule has 0 aromatic rings. The van der Waals surface area contributed by atoms with Gasteiger partial charge in [0.05, 0.1) is 0 Å². The molecule has 0 unspecified atom stereocenters. The zero-order chi connectivity index (χ0) is 4.41. The van der Waals surface area contributed by atoms with E-state index in [1.807, 2.05) is 0 Å². The van der Waals surface area contributed by atoms with Crippen LogP contribution in [0.1, 0.15) is 0 Å². The fourth-order valence-electron chi connectivity index (χ4n) is 0.543. The zero-order valence-corrected chi connectivity index (χ0v) is 9.10. The molecule has 34 valence electrons. The molecule has 1 aliphatic rings. The van der Waals surface area contributed by atoms with Crippen molar-refractivity contribution in [1.82, 2.24) is 0 Å². The average Bonchev–Trinajstić information content (AvgIpc) is 1.86. The number of hydrogen-bond donors (Lipinski definition) is 0. The number of allylic oxidation sites excluding steroid dienone is 4. The smallest absolute Gasteiger partial charge is 0 e. The maximum Gasteiger partial charge on any atom is 0 e. The summed E-state index contributed by atoms with van der Waals surface area (Å²) in [4.78, 5) is 0. The van der Waals surface area contributed by atoms with Gasteiger partial charge in [0, 0.05) is 19.5 Å². The van der Waals surface area contributed by atoms with Crippen LogP contribution in [0.3, 0.4) is 0 Å². The van der Waals surface area contributed by atoms with E-state index < -0.39 is 0 Å². The molecule has 0 aromatic carbocycles. The van der Waals surface area contributed by atoms with E-state index >= 15 is 0 Å². The van der Waals surface area contributed by atoms with Gasteiger partial charge >= 0.3 is 73.3 Å². The first-order valence-electron chi connectivity index (χ1n) is 2.24. The predicted octanol–water partition coefficient (Wildman–Crippen LogP) is 1.07. The summed E-state index contributed by atoms with van der Waals surface area (Å²) >= 11 is 0.969. The van der Waals surface area contributed by atoms with Crippen molar-refractivity contribution in [1.29, 1.82) is 0 Å². The van der Waals surface area contributed by atoms with Gasteiger partial charge in [-0.2, -0.15) is 0 Å². The van der Waals surface area contributed by atoms with Crippen LogP contribution >= 0.6 is 0 Å². The van der Waals surface area contributed by atoms with Gasteiger partial charge in [0.15, 0.2) is 0 Å². The largest absolute Gasteiger partial charge is 0 e. The Morgan fingerprint density at radius 1 is 1.14 bits per heavy atom. The third kappa shape index (κ3) is 3.34. The fourth-order valence-corrected chi connectivity index (χ4v) is 1.24. The van der Waals surface area contributed by atoms with Crippen LogP contribution in [-0.4, -0.2) is 49.0 Å². The van der Waals surface area contributed by atoms with E-state index in [1.54, 1.807) is 0 Å². The fraction of sp³-hybridized carbons (Fsp3) is 0.200. The molecular formula is C5H5KRu. The van der Waals surface area contributed by atoms with Crippen molar-refractivity contribution in [2.45, 2.75) is 0.0125 Å². The summed E-state index contributed by atoms with van der Waals surface area (Å²) in [5, 5.41) is 0. The monoisotopic (exact) mass is 206 g/mol. The summed E-state index contributed by atoms with van der Waals surface area (Å²) in [6, 6.07) is 0. The molecule has 0 aliphatic heterocycles. The van der Waals surface area contributed by atoms with Gasteiger partial charge in [-0.3, -0.25) is 0 Å². The average molecular weight is 205 g/mol. The molecule has 0 aromatic heterocycles. The molecule has 0 nitrogen and oxygen atoms in total. The van der Waals surface area contributed by atoms with Crippen LogP contribution in [0.4, 0.5) is 0 Å². The van der Waals surface area contributed by atoms with Gasteiger partial charge in [-0.15, -0.1) is 0 Å². The minimum Gasteiger partial charge on any atom is 0 e. The Hall–Kier alpha value is 1.74. The van der Waals surface area contributed by atoms with Gasteiger partial charge in [0.2, 0.25) is 0 Å². The molecule has 7 heavy (non-hydrogen) atoms. The first-order chi connectivity index (χ1) is 2.89. The van der Waals surface area contributed by atoms with E-state index in [0.717, 1.165) is 49.0 Å². The van der Waals surface area contributed by atoms with E-state index in [1.165, 1.54) is 0 Å². The second-order valence-corrected chi connectivity index (χ2v) is 3.71. The van der Waals surface area contributed by atoms with Crippen molar-refractivity contribution in [3.63, 3.8) is 0 Å². The number of hydrogen-bond acceptors (Lipinski definition) is 0. The molecule has 0 N–H and O–H groups in total. The van der Waals surface area contributed by atoms with Gasteiger partial charge in [-0.25, -0.2) is 0 Å². The quantitative estimate of drug-likeness (QED) is 0.519. The van der Waals surface area contributed by atoms with Crippen molar-refractivity contribution in [3.05, 3.63) is 24.3 Å². The molecule has 1 aliphatic carbocycles. The molecular weight excluding hydrogens is 200 g/mol. The topological polar surface area (TPSA) is 0 Å². The van der Waals surface area contributed by atoms with Crippen molar-refractivity contribution >= 4 is 49.0 Å². The molecule has 0 fully saturated rings. The Morgan fingerprint density at radius 2 is 1.57 bits per heavy atom. The standard InChI is InChI=1S/C5H5.K.Ru/c1-2-4-5-3-1;;/h1-5H;;. The molecule has 1 rings (SSSR count). The third-order valence-corrected chi connectivity index (χ3v) is 2.14. The van der Waals surface area contributed by atoms with Crippen molar-refractivity contribution in [2.75, 3.05) is 0 Å². The summed E-state index contributed by atoms with van der Waals surface area (Å²) in [6.45, 7) is 0. The van der Waals surface area contributed by atoms with Crippen molar-refractivity contribution in [2.24, 2.45) is 0 Å². The second-order valence-electron chi connectivity index (χ2n) is 1.63. The van der Waals surface area contributed by atoms with Crippen molar-refractivity contribution in [3.8, 4) is 0 Å². The normalized spacial score (nSPS) is 17.4. The minimum absolute atomic E-state index is 0. The Balaban J connectivity index is 0.000000360. The second kappa shape index (κ2) is 4.60. The van der Waals surface area contributed by atoms with Crippen LogP contribution in [0.5, 0.6) is 0 Å². The van der Waals surface area contributed by atoms with E-state index in [9.17, 15) is 0 Å². The first-order valence-corrected chi connectivity index (χ1v) is 4.05. The molecule has 0 amide bonds. The predicted molar refractivity (Wildman–Crippen MR) is 27.8 cm³/mol. The summed E-state index contributed by atoms with van der Waals surface area (Å²) < 4.78 is 0.873. The minimum atomic E-state index is 0. The first kappa shape index (κ1) is 8.74. The van der Waals surface area contributed by atoms with E-state index in [0.29, 0.717) is 0 Å². The SMILES string of the molecule is [K][CH]1C=CC=C1.[Ru]. The van der Waals surface area contributed by atoms with Crippen LogP contribution in [0, 0.1) is 0 Å². The number of rotatable bonds is 0. The Kier molecular flexibility index (Phi) is 5.75. The molecule has 0 atom stereocenters. The molecule has 2 heteroatoms. The van der Waals surface area contributed by atoms with Crippen LogP contribution in [0.25, 0.3) is 0 Å². The Bertz CT molecular complexity index is 84.3. The maximum absolute atomic E-state index is 2.25. The third-order valence-electron chi connectivity index (χ3n) is 0.940.